The van der Waals surface area contributed by atoms with Crippen molar-refractivity contribution >= 4 is 11.7 Å². The number of anilines is 1. The lowest BCUT2D eigenvalue weighted by molar-refractivity contribution is -0.286. The van der Waals surface area contributed by atoms with E-state index >= 15 is 0 Å². The van der Waals surface area contributed by atoms with Crippen LogP contribution in [0.5, 0.6) is 11.5 Å². The molecule has 0 radical (unpaired) electrons. The minimum absolute atomic E-state index is 0.0652. The number of nitrogens with zero attached hydrogens (tertiary/aromatic N) is 2. The summed E-state index contributed by atoms with van der Waals surface area (Å²) in [7, 11) is 0. The van der Waals surface area contributed by atoms with Crippen LogP contribution in [0.15, 0.2) is 48.6 Å². The predicted octanol–water partition coefficient (Wildman–Crippen LogP) is 4.14. The lowest BCUT2D eigenvalue weighted by atomic mass is 10.1. The van der Waals surface area contributed by atoms with E-state index in [0.717, 1.165) is 6.08 Å². The van der Waals surface area contributed by atoms with Crippen molar-refractivity contribution in [2.45, 2.75) is 20.1 Å². The van der Waals surface area contributed by atoms with E-state index in [9.17, 15) is 18.0 Å². The van der Waals surface area contributed by atoms with Gasteiger partial charge in [0, 0.05) is 11.1 Å². The van der Waals surface area contributed by atoms with Crippen molar-refractivity contribution in [1.29, 1.82) is 0 Å². The first kappa shape index (κ1) is 18.4. The molecule has 0 saturated carbocycles. The Balaban J connectivity index is 1.83. The first-order valence-corrected chi connectivity index (χ1v) is 7.73. The van der Waals surface area contributed by atoms with Gasteiger partial charge in [-0.3, -0.25) is 9.78 Å². The lowest BCUT2D eigenvalue weighted by Crippen LogP contribution is -2.25. The van der Waals surface area contributed by atoms with Crippen LogP contribution < -0.4 is 14.8 Å². The number of benzene rings is 1. The molecule has 0 aliphatic carbocycles. The third-order valence-electron chi connectivity index (χ3n) is 3.80. The molecule has 0 bridgehead atoms. The lowest BCUT2D eigenvalue weighted by Gasteiger charge is -2.08. The number of aryl methyl sites for hydroxylation is 1. The second kappa shape index (κ2) is 6.75. The van der Waals surface area contributed by atoms with Crippen LogP contribution in [0.4, 0.5) is 19.0 Å². The summed E-state index contributed by atoms with van der Waals surface area (Å²) in [5, 5.41) is 2.40. The molecule has 0 unspecified atom stereocenters. The summed E-state index contributed by atoms with van der Waals surface area (Å²) >= 11 is 0. The van der Waals surface area contributed by atoms with Crippen molar-refractivity contribution in [3.8, 4) is 22.8 Å². The monoisotopic (exact) mass is 377 g/mol. The summed E-state index contributed by atoms with van der Waals surface area (Å²) in [5.74, 6) is -1.50. The molecule has 140 valence electrons. The molecule has 1 N–H and O–H groups in total. The molecular weight excluding hydrogens is 363 g/mol. The molecule has 2 aromatic rings. The Morgan fingerprint density at radius 1 is 1.22 bits per heavy atom. The van der Waals surface area contributed by atoms with Gasteiger partial charge in [-0.25, -0.2) is 9.37 Å². The highest BCUT2D eigenvalue weighted by molar-refractivity contribution is 6.03. The highest BCUT2D eigenvalue weighted by Crippen LogP contribution is 2.44. The van der Waals surface area contributed by atoms with Crippen molar-refractivity contribution in [3.63, 3.8) is 0 Å². The van der Waals surface area contributed by atoms with Crippen molar-refractivity contribution in [1.82, 2.24) is 9.97 Å². The van der Waals surface area contributed by atoms with Crippen LogP contribution in [0.3, 0.4) is 0 Å². The number of rotatable bonds is 4. The molecule has 6 nitrogen and oxygen atoms in total. The fourth-order valence-corrected chi connectivity index (χ4v) is 2.38. The van der Waals surface area contributed by atoms with Crippen LogP contribution >= 0.6 is 0 Å². The number of carbonyl (C=O) groups is 1. The Bertz CT molecular complexity index is 956. The van der Waals surface area contributed by atoms with Crippen LogP contribution in [0.25, 0.3) is 11.3 Å². The highest BCUT2D eigenvalue weighted by Gasteiger charge is 2.43. The van der Waals surface area contributed by atoms with Crippen molar-refractivity contribution in [3.05, 3.63) is 54.1 Å². The van der Waals surface area contributed by atoms with E-state index in [0.29, 0.717) is 16.8 Å². The average Bonchev–Trinajstić information content (AvgIpc) is 2.93. The fourth-order valence-electron chi connectivity index (χ4n) is 2.38. The normalized spacial score (nSPS) is 15.1. The van der Waals surface area contributed by atoms with Gasteiger partial charge in [-0.05, 0) is 37.6 Å². The molecule has 1 aromatic heterocycles. The summed E-state index contributed by atoms with van der Waals surface area (Å²) in [4.78, 5) is 20.1. The third kappa shape index (κ3) is 3.76. The Morgan fingerprint density at radius 3 is 2.48 bits per heavy atom. The van der Waals surface area contributed by atoms with E-state index in [-0.39, 0.29) is 22.9 Å². The smallest absolute Gasteiger partial charge is 0.395 e. The number of allylic oxidation sites excluding steroid dienone is 2. The van der Waals surface area contributed by atoms with E-state index in [1.807, 2.05) is 0 Å². The van der Waals surface area contributed by atoms with Crippen molar-refractivity contribution in [2.24, 2.45) is 0 Å². The largest absolute Gasteiger partial charge is 0.586 e. The number of fused-ring (bicyclic) bond motifs is 1. The number of amides is 1. The summed E-state index contributed by atoms with van der Waals surface area (Å²) in [6.45, 7) is 6.25. The summed E-state index contributed by atoms with van der Waals surface area (Å²) < 4.78 is 48.5. The molecule has 0 fully saturated rings. The molecule has 1 aromatic carbocycles. The minimum Gasteiger partial charge on any atom is -0.395 e. The standard InChI is InChI=1S/C18H14F3N3O3/c1-4-12(19)10(3)17(25)24-16-8-22-13(7-23-16)11-6-15-14(5-9(11)2)26-18(20,21)27-15/h4-8H,1H2,2-3H3,(H,23,24,25)/b12-10-. The van der Waals surface area contributed by atoms with Gasteiger partial charge < -0.3 is 14.8 Å². The zero-order chi connectivity index (χ0) is 19.8. The zero-order valence-electron chi connectivity index (χ0n) is 14.3. The Labute approximate surface area is 152 Å². The number of hydrogen-bond donors (Lipinski definition) is 1. The van der Waals surface area contributed by atoms with Crippen molar-refractivity contribution < 1.29 is 27.4 Å². The van der Waals surface area contributed by atoms with Gasteiger partial charge in [0.1, 0.15) is 5.83 Å². The molecule has 0 atom stereocenters. The van der Waals surface area contributed by atoms with Gasteiger partial charge in [0.2, 0.25) is 0 Å². The van der Waals surface area contributed by atoms with E-state index in [4.69, 9.17) is 0 Å². The van der Waals surface area contributed by atoms with Crippen LogP contribution in [-0.4, -0.2) is 22.2 Å². The Hall–Kier alpha value is -3.36. The first-order chi connectivity index (χ1) is 12.7. The summed E-state index contributed by atoms with van der Waals surface area (Å²) in [5.41, 5.74) is 1.35. The number of halogens is 3. The Kier molecular flexibility index (Phi) is 4.61. The number of hydrogen-bond acceptors (Lipinski definition) is 5. The molecular formula is C18H14F3N3O3. The number of carbonyl (C=O) groups excluding carboxylic acids is 1. The Morgan fingerprint density at radius 2 is 1.89 bits per heavy atom. The maximum Gasteiger partial charge on any atom is 0.586 e. The van der Waals surface area contributed by atoms with Gasteiger partial charge in [-0.15, -0.1) is 8.78 Å². The number of nitrogens with one attached hydrogen (secondary N) is 1. The van der Waals surface area contributed by atoms with Crippen LogP contribution in [0, 0.1) is 6.92 Å². The summed E-state index contributed by atoms with van der Waals surface area (Å²) in [6, 6.07) is 2.79. The second-order valence-electron chi connectivity index (χ2n) is 5.70. The zero-order valence-corrected chi connectivity index (χ0v) is 14.3. The van der Waals surface area contributed by atoms with Crippen LogP contribution in [0.1, 0.15) is 12.5 Å². The van der Waals surface area contributed by atoms with Crippen LogP contribution in [0.2, 0.25) is 0 Å². The van der Waals surface area contributed by atoms with E-state index in [1.165, 1.54) is 31.5 Å². The maximum absolute atomic E-state index is 13.4. The van der Waals surface area contributed by atoms with E-state index in [1.54, 1.807) is 6.92 Å². The molecule has 1 amide bonds. The number of ether oxygens (including phenoxy) is 2. The predicted molar refractivity (Wildman–Crippen MR) is 91.0 cm³/mol. The quantitative estimate of drug-likeness (QED) is 0.640. The average molecular weight is 377 g/mol. The van der Waals surface area contributed by atoms with Gasteiger partial charge in [0.25, 0.3) is 5.91 Å². The molecule has 2 heterocycles. The molecule has 1 aliphatic heterocycles. The third-order valence-corrected chi connectivity index (χ3v) is 3.80. The van der Waals surface area contributed by atoms with Gasteiger partial charge in [0.15, 0.2) is 17.3 Å². The topological polar surface area (TPSA) is 73.3 Å². The molecule has 0 saturated heterocycles. The maximum atomic E-state index is 13.4. The van der Waals surface area contributed by atoms with Crippen molar-refractivity contribution in [2.75, 3.05) is 5.32 Å². The highest BCUT2D eigenvalue weighted by atomic mass is 19.3. The fraction of sp³-hybridized carbons (Fsp3) is 0.167. The molecule has 9 heteroatoms. The number of alkyl halides is 2. The van der Waals surface area contributed by atoms with Gasteiger partial charge in [0.05, 0.1) is 18.1 Å². The van der Waals surface area contributed by atoms with Gasteiger partial charge >= 0.3 is 6.29 Å². The molecule has 0 spiro atoms. The molecule has 27 heavy (non-hydrogen) atoms. The van der Waals surface area contributed by atoms with Gasteiger partial charge in [-0.1, -0.05) is 6.58 Å². The SMILES string of the molecule is C=C/C(F)=C(\C)C(=O)Nc1cnc(-c2cc3c(cc2C)OC(F)(F)O3)cn1. The van der Waals surface area contributed by atoms with E-state index in [2.05, 4.69) is 31.3 Å². The van der Waals surface area contributed by atoms with Gasteiger partial charge in [-0.2, -0.15) is 0 Å². The number of aromatic nitrogens is 2. The molecule has 3 rings (SSSR count). The minimum atomic E-state index is -3.71. The summed E-state index contributed by atoms with van der Waals surface area (Å²) in [6.07, 6.45) is -0.166. The first-order valence-electron chi connectivity index (χ1n) is 7.73. The second-order valence-corrected chi connectivity index (χ2v) is 5.70. The van der Waals surface area contributed by atoms with E-state index < -0.39 is 18.0 Å². The molecule has 1 aliphatic rings. The van der Waals surface area contributed by atoms with Crippen LogP contribution in [-0.2, 0) is 4.79 Å².